The molecule has 0 saturated heterocycles. The van der Waals surface area contributed by atoms with E-state index >= 15 is 0 Å². The molecular formula is C10H13BrOS. The molecule has 0 saturated carbocycles. The summed E-state index contributed by atoms with van der Waals surface area (Å²) in [5, 5.41) is 0. The normalized spacial score (nSPS) is 13.2. The van der Waals surface area contributed by atoms with Gasteiger partial charge in [0.1, 0.15) is 6.29 Å². The Morgan fingerprint density at radius 3 is 2.62 bits per heavy atom. The van der Waals surface area contributed by atoms with Crippen LogP contribution in [-0.2, 0) is 4.79 Å². The molecule has 72 valence electrons. The van der Waals surface area contributed by atoms with E-state index in [0.29, 0.717) is 5.92 Å². The molecule has 0 aliphatic carbocycles. The van der Waals surface area contributed by atoms with E-state index in [1.54, 1.807) is 11.3 Å². The molecule has 0 aliphatic heterocycles. The topological polar surface area (TPSA) is 17.1 Å². The third-order valence-electron chi connectivity index (χ3n) is 1.85. The van der Waals surface area contributed by atoms with Gasteiger partial charge in [0.15, 0.2) is 0 Å². The highest BCUT2D eigenvalue weighted by Gasteiger charge is 2.13. The minimum Gasteiger partial charge on any atom is -0.303 e. The summed E-state index contributed by atoms with van der Waals surface area (Å²) in [5.41, 5.74) is 0. The highest BCUT2D eigenvalue weighted by molar-refractivity contribution is 9.11. The van der Waals surface area contributed by atoms with E-state index in [9.17, 15) is 4.79 Å². The van der Waals surface area contributed by atoms with Gasteiger partial charge in [0.25, 0.3) is 0 Å². The van der Waals surface area contributed by atoms with E-state index in [0.717, 1.165) is 21.4 Å². The second-order valence-electron chi connectivity index (χ2n) is 3.51. The Hall–Kier alpha value is -0.150. The number of aldehydes is 1. The zero-order valence-corrected chi connectivity index (χ0v) is 10.2. The first kappa shape index (κ1) is 10.9. The molecule has 0 radical (unpaired) electrons. The smallest absolute Gasteiger partial charge is 0.128 e. The first-order valence-electron chi connectivity index (χ1n) is 4.34. The van der Waals surface area contributed by atoms with Crippen LogP contribution in [-0.4, -0.2) is 6.29 Å². The van der Waals surface area contributed by atoms with Gasteiger partial charge in [-0.2, -0.15) is 0 Å². The van der Waals surface area contributed by atoms with Crippen LogP contribution in [0.1, 0.15) is 31.1 Å². The SMILES string of the molecule is CC(C)CC(C=O)c1ccc(Br)s1. The molecule has 1 unspecified atom stereocenters. The third kappa shape index (κ3) is 3.24. The maximum atomic E-state index is 10.8. The van der Waals surface area contributed by atoms with Gasteiger partial charge in [-0.25, -0.2) is 0 Å². The van der Waals surface area contributed by atoms with Gasteiger partial charge < -0.3 is 4.79 Å². The predicted octanol–water partition coefficient (Wildman–Crippen LogP) is 3.84. The molecule has 0 aliphatic rings. The number of carbonyl (C=O) groups is 1. The van der Waals surface area contributed by atoms with Crippen molar-refractivity contribution >= 4 is 33.6 Å². The number of rotatable bonds is 4. The van der Waals surface area contributed by atoms with Crippen molar-refractivity contribution < 1.29 is 4.79 Å². The molecule has 1 nitrogen and oxygen atoms in total. The molecular weight excluding hydrogens is 248 g/mol. The van der Waals surface area contributed by atoms with Crippen molar-refractivity contribution in [3.8, 4) is 0 Å². The summed E-state index contributed by atoms with van der Waals surface area (Å²) in [6.07, 6.45) is 1.99. The van der Waals surface area contributed by atoms with Crippen LogP contribution in [0.3, 0.4) is 0 Å². The molecule has 0 fully saturated rings. The largest absolute Gasteiger partial charge is 0.303 e. The molecule has 0 spiro atoms. The van der Waals surface area contributed by atoms with E-state index in [4.69, 9.17) is 0 Å². The van der Waals surface area contributed by atoms with Crippen LogP contribution in [0.5, 0.6) is 0 Å². The number of thiophene rings is 1. The minimum atomic E-state index is 0.0799. The van der Waals surface area contributed by atoms with Crippen LogP contribution < -0.4 is 0 Å². The Morgan fingerprint density at radius 2 is 2.23 bits per heavy atom. The maximum Gasteiger partial charge on any atom is 0.128 e. The van der Waals surface area contributed by atoms with Crippen molar-refractivity contribution in [3.05, 3.63) is 20.8 Å². The third-order valence-corrected chi connectivity index (χ3v) is 3.60. The molecule has 1 atom stereocenters. The van der Waals surface area contributed by atoms with Gasteiger partial charge in [0.2, 0.25) is 0 Å². The lowest BCUT2D eigenvalue weighted by atomic mass is 9.97. The van der Waals surface area contributed by atoms with Crippen LogP contribution in [0.2, 0.25) is 0 Å². The maximum absolute atomic E-state index is 10.8. The van der Waals surface area contributed by atoms with Gasteiger partial charge in [-0.3, -0.25) is 0 Å². The second-order valence-corrected chi connectivity index (χ2v) is 6.01. The fourth-order valence-electron chi connectivity index (χ4n) is 1.27. The fourth-order valence-corrected chi connectivity index (χ4v) is 2.77. The van der Waals surface area contributed by atoms with Crippen LogP contribution in [0.15, 0.2) is 15.9 Å². The summed E-state index contributed by atoms with van der Waals surface area (Å²) in [5.74, 6) is 0.646. The Morgan fingerprint density at radius 1 is 1.54 bits per heavy atom. The first-order valence-corrected chi connectivity index (χ1v) is 5.95. The second kappa shape index (κ2) is 4.91. The first-order chi connectivity index (χ1) is 6.13. The predicted molar refractivity (Wildman–Crippen MR) is 60.3 cm³/mol. The zero-order valence-electron chi connectivity index (χ0n) is 7.79. The van der Waals surface area contributed by atoms with Gasteiger partial charge in [-0.05, 0) is 40.4 Å². The van der Waals surface area contributed by atoms with Crippen molar-refractivity contribution in [2.45, 2.75) is 26.2 Å². The Kier molecular flexibility index (Phi) is 4.13. The monoisotopic (exact) mass is 260 g/mol. The summed E-state index contributed by atoms with van der Waals surface area (Å²) in [7, 11) is 0. The molecule has 0 bridgehead atoms. The van der Waals surface area contributed by atoms with Crippen molar-refractivity contribution in [2.75, 3.05) is 0 Å². The molecule has 13 heavy (non-hydrogen) atoms. The number of carbonyl (C=O) groups excluding carboxylic acids is 1. The Labute approximate surface area is 91.3 Å². The lowest BCUT2D eigenvalue weighted by molar-refractivity contribution is -0.109. The van der Waals surface area contributed by atoms with Crippen LogP contribution in [0.4, 0.5) is 0 Å². The molecule has 1 aromatic heterocycles. The van der Waals surface area contributed by atoms with E-state index < -0.39 is 0 Å². The van der Waals surface area contributed by atoms with Crippen molar-refractivity contribution in [1.82, 2.24) is 0 Å². The average molecular weight is 261 g/mol. The summed E-state index contributed by atoms with van der Waals surface area (Å²) < 4.78 is 1.10. The van der Waals surface area contributed by atoms with E-state index in [1.807, 2.05) is 12.1 Å². The molecule has 0 N–H and O–H groups in total. The van der Waals surface area contributed by atoms with Crippen LogP contribution >= 0.6 is 27.3 Å². The highest BCUT2D eigenvalue weighted by Crippen LogP contribution is 2.30. The van der Waals surface area contributed by atoms with Gasteiger partial charge in [-0.1, -0.05) is 13.8 Å². The molecule has 1 heterocycles. The van der Waals surface area contributed by atoms with Gasteiger partial charge >= 0.3 is 0 Å². The Balaban J connectivity index is 2.72. The molecule has 0 amide bonds. The van der Waals surface area contributed by atoms with Crippen LogP contribution in [0.25, 0.3) is 0 Å². The van der Waals surface area contributed by atoms with Crippen molar-refractivity contribution in [1.29, 1.82) is 0 Å². The lowest BCUT2D eigenvalue weighted by Gasteiger charge is -2.10. The number of hydrogen-bond donors (Lipinski definition) is 0. The summed E-state index contributed by atoms with van der Waals surface area (Å²) in [6, 6.07) is 4.02. The number of halogens is 1. The van der Waals surface area contributed by atoms with E-state index in [1.165, 1.54) is 0 Å². The quantitative estimate of drug-likeness (QED) is 0.752. The standard InChI is InChI=1S/C10H13BrOS/c1-7(2)5-8(6-12)9-3-4-10(11)13-9/h3-4,6-8H,5H2,1-2H3. The zero-order chi connectivity index (χ0) is 9.84. The average Bonchev–Trinajstić information content (AvgIpc) is 2.47. The van der Waals surface area contributed by atoms with Gasteiger partial charge in [0.05, 0.1) is 3.79 Å². The number of hydrogen-bond acceptors (Lipinski definition) is 2. The summed E-state index contributed by atoms with van der Waals surface area (Å²) in [4.78, 5) is 12.0. The van der Waals surface area contributed by atoms with Gasteiger partial charge in [-0.15, -0.1) is 11.3 Å². The lowest BCUT2D eigenvalue weighted by Crippen LogP contribution is -2.02. The molecule has 0 aromatic carbocycles. The van der Waals surface area contributed by atoms with Gasteiger partial charge in [0, 0.05) is 10.8 Å². The summed E-state index contributed by atoms with van der Waals surface area (Å²) >= 11 is 5.05. The molecule has 1 rings (SSSR count). The Bertz CT molecular complexity index is 280. The highest BCUT2D eigenvalue weighted by atomic mass is 79.9. The molecule has 1 aromatic rings. The van der Waals surface area contributed by atoms with Crippen LogP contribution in [0, 0.1) is 5.92 Å². The molecule has 3 heteroatoms. The van der Waals surface area contributed by atoms with Crippen molar-refractivity contribution in [2.24, 2.45) is 5.92 Å². The van der Waals surface area contributed by atoms with E-state index in [-0.39, 0.29) is 5.92 Å². The summed E-state index contributed by atoms with van der Waals surface area (Å²) in [6.45, 7) is 4.28. The van der Waals surface area contributed by atoms with Crippen molar-refractivity contribution in [3.63, 3.8) is 0 Å². The van der Waals surface area contributed by atoms with E-state index in [2.05, 4.69) is 29.8 Å². The fraction of sp³-hybridized carbons (Fsp3) is 0.500. The minimum absolute atomic E-state index is 0.0799.